The van der Waals surface area contributed by atoms with Crippen molar-refractivity contribution in [3.8, 4) is 0 Å². The predicted molar refractivity (Wildman–Crippen MR) is 138 cm³/mol. The van der Waals surface area contributed by atoms with Gasteiger partial charge in [-0.2, -0.15) is 0 Å². The first kappa shape index (κ1) is 22.9. The summed E-state index contributed by atoms with van der Waals surface area (Å²) in [6, 6.07) is 12.0. The predicted octanol–water partition coefficient (Wildman–Crippen LogP) is 7.02. The average molecular weight is 511 g/mol. The van der Waals surface area contributed by atoms with E-state index in [0.29, 0.717) is 4.91 Å². The summed E-state index contributed by atoms with van der Waals surface area (Å²) in [7, 11) is 0. The van der Waals surface area contributed by atoms with Crippen LogP contribution in [0.4, 0.5) is 10.5 Å². The first-order valence-corrected chi connectivity index (χ1v) is 12.3. The molecule has 0 unspecified atom stereocenters. The van der Waals surface area contributed by atoms with Crippen molar-refractivity contribution in [3.63, 3.8) is 0 Å². The molecule has 2 aromatic carbocycles. The number of rotatable bonds is 4. The van der Waals surface area contributed by atoms with Gasteiger partial charge in [0.1, 0.15) is 0 Å². The lowest BCUT2D eigenvalue weighted by molar-refractivity contribution is -0.123. The fourth-order valence-electron chi connectivity index (χ4n) is 4.53. The van der Waals surface area contributed by atoms with Gasteiger partial charge in [-0.15, -0.1) is 0 Å². The Hall–Kier alpha value is -2.31. The molecule has 32 heavy (non-hydrogen) atoms. The molecule has 4 rings (SSSR count). The molecule has 1 saturated heterocycles. The molecule has 0 atom stereocenters. The summed E-state index contributed by atoms with van der Waals surface area (Å²) in [4.78, 5) is 29.8. The summed E-state index contributed by atoms with van der Waals surface area (Å²) < 4.78 is 0.965. The number of halogens is 1. The number of carbonyl (C=O) groups excluding carboxylic acids is 2. The zero-order chi connectivity index (χ0) is 23.2. The van der Waals surface area contributed by atoms with Crippen molar-refractivity contribution in [2.24, 2.45) is 0 Å². The second-order valence-electron chi connectivity index (χ2n) is 8.85. The topological polar surface area (TPSA) is 40.6 Å². The van der Waals surface area contributed by atoms with Gasteiger partial charge < -0.3 is 4.90 Å². The summed E-state index contributed by atoms with van der Waals surface area (Å²) in [6.45, 7) is 12.0. The van der Waals surface area contributed by atoms with Gasteiger partial charge in [0.25, 0.3) is 11.1 Å². The van der Waals surface area contributed by atoms with Gasteiger partial charge in [0, 0.05) is 22.3 Å². The van der Waals surface area contributed by atoms with Gasteiger partial charge in [-0.25, -0.2) is 0 Å². The number of anilines is 1. The van der Waals surface area contributed by atoms with E-state index < -0.39 is 0 Å². The minimum Gasteiger partial charge on any atom is -0.363 e. The minimum absolute atomic E-state index is 0.0462. The molecule has 4 nitrogen and oxygen atoms in total. The van der Waals surface area contributed by atoms with Crippen molar-refractivity contribution in [1.29, 1.82) is 0 Å². The minimum atomic E-state index is -0.233. The van der Waals surface area contributed by atoms with Gasteiger partial charge in [0.15, 0.2) is 0 Å². The summed E-state index contributed by atoms with van der Waals surface area (Å²) >= 11 is 4.43. The molecule has 0 bridgehead atoms. The molecular weight excluding hydrogens is 484 g/mol. The van der Waals surface area contributed by atoms with Gasteiger partial charge in [0.05, 0.1) is 17.0 Å². The second kappa shape index (κ2) is 8.56. The highest BCUT2D eigenvalue weighted by molar-refractivity contribution is 9.10. The third-order valence-electron chi connectivity index (χ3n) is 6.10. The number of amides is 2. The lowest BCUT2D eigenvalue weighted by Gasteiger charge is -2.43. The molecule has 2 aliphatic heterocycles. The second-order valence-corrected chi connectivity index (χ2v) is 10.8. The highest BCUT2D eigenvalue weighted by atomic mass is 79.9. The largest absolute Gasteiger partial charge is 0.363 e. The van der Waals surface area contributed by atoms with Crippen molar-refractivity contribution >= 4 is 56.2 Å². The molecule has 0 aliphatic carbocycles. The number of allylic oxidation sites excluding steroid dienone is 1. The van der Waals surface area contributed by atoms with Crippen LogP contribution in [-0.4, -0.2) is 28.1 Å². The monoisotopic (exact) mass is 510 g/mol. The summed E-state index contributed by atoms with van der Waals surface area (Å²) in [5.41, 5.74) is 6.56. The molecule has 166 valence electrons. The van der Waals surface area contributed by atoms with Gasteiger partial charge >= 0.3 is 0 Å². The number of likely N-dealkylation sites (N-methyl/N-ethyl adjacent to an activating group) is 1. The maximum absolute atomic E-state index is 13.0. The van der Waals surface area contributed by atoms with E-state index in [2.05, 4.69) is 73.7 Å². The number of aryl methyl sites for hydroxylation is 1. The third kappa shape index (κ3) is 4.18. The Morgan fingerprint density at radius 3 is 2.44 bits per heavy atom. The fraction of sp³-hybridized carbons (Fsp3) is 0.308. The molecule has 1 fully saturated rings. The first-order valence-electron chi connectivity index (χ1n) is 10.7. The number of fused-ring (bicyclic) bond motifs is 1. The Labute approximate surface area is 202 Å². The van der Waals surface area contributed by atoms with Crippen LogP contribution in [0.25, 0.3) is 11.6 Å². The third-order valence-corrected chi connectivity index (χ3v) is 7.53. The van der Waals surface area contributed by atoms with E-state index in [1.165, 1.54) is 21.7 Å². The van der Waals surface area contributed by atoms with Crippen molar-refractivity contribution < 1.29 is 9.59 Å². The van der Waals surface area contributed by atoms with Crippen molar-refractivity contribution in [2.45, 2.75) is 46.7 Å². The molecule has 6 heteroatoms. The number of hydrogen-bond acceptors (Lipinski definition) is 4. The number of hydrogen-bond donors (Lipinski definition) is 0. The van der Waals surface area contributed by atoms with Crippen LogP contribution in [-0.2, 0) is 11.3 Å². The maximum Gasteiger partial charge on any atom is 0.293 e. The molecule has 2 aromatic rings. The molecule has 2 heterocycles. The summed E-state index contributed by atoms with van der Waals surface area (Å²) in [6.07, 6.45) is 4.16. The van der Waals surface area contributed by atoms with Gasteiger partial charge in [0.2, 0.25) is 0 Å². The van der Waals surface area contributed by atoms with Gasteiger partial charge in [-0.3, -0.25) is 14.5 Å². The summed E-state index contributed by atoms with van der Waals surface area (Å²) in [5.74, 6) is -0.233. The molecule has 2 amide bonds. The SMILES string of the molecule is CCN1c2cc(C)c(/C=C3/SC(=O)N(Cc4ccc(Br)cc4)C3=O)cc2C(C)=CC1(C)C. The van der Waals surface area contributed by atoms with Crippen LogP contribution in [0.2, 0.25) is 0 Å². The fourth-order valence-corrected chi connectivity index (χ4v) is 5.62. The van der Waals surface area contributed by atoms with E-state index in [0.717, 1.165) is 39.5 Å². The van der Waals surface area contributed by atoms with Crippen LogP contribution in [0.15, 0.2) is 51.9 Å². The highest BCUT2D eigenvalue weighted by Crippen LogP contribution is 2.41. The quantitative estimate of drug-likeness (QED) is 0.414. The number of imide groups is 1. The van der Waals surface area contributed by atoms with Crippen LogP contribution in [0.5, 0.6) is 0 Å². The lowest BCUT2D eigenvalue weighted by Crippen LogP contribution is -2.44. The van der Waals surface area contributed by atoms with Gasteiger partial charge in [-0.05, 0) is 99.0 Å². The molecule has 0 radical (unpaired) electrons. The average Bonchev–Trinajstić information content (AvgIpc) is 2.98. The van der Waals surface area contributed by atoms with E-state index in [-0.39, 0.29) is 23.2 Å². The Kier molecular flexibility index (Phi) is 6.12. The summed E-state index contributed by atoms with van der Waals surface area (Å²) in [5, 5.41) is -0.227. The Bertz CT molecular complexity index is 1170. The highest BCUT2D eigenvalue weighted by Gasteiger charge is 2.35. The van der Waals surface area contributed by atoms with Crippen LogP contribution in [0.3, 0.4) is 0 Å². The number of nitrogens with zero attached hydrogens (tertiary/aromatic N) is 2. The van der Waals surface area contributed by atoms with Crippen molar-refractivity contribution in [3.05, 3.63) is 74.1 Å². The van der Waals surface area contributed by atoms with Gasteiger partial charge in [-0.1, -0.05) is 34.1 Å². The molecule has 2 aliphatic rings. The smallest absolute Gasteiger partial charge is 0.293 e. The first-order chi connectivity index (χ1) is 15.1. The normalized spacial score (nSPS) is 18.9. The zero-order valence-corrected chi connectivity index (χ0v) is 21.4. The number of benzene rings is 2. The Morgan fingerprint density at radius 1 is 1.09 bits per heavy atom. The van der Waals surface area contributed by atoms with Crippen LogP contribution in [0.1, 0.15) is 49.9 Å². The van der Waals surface area contributed by atoms with E-state index >= 15 is 0 Å². The Morgan fingerprint density at radius 2 is 1.78 bits per heavy atom. The molecule has 0 N–H and O–H groups in total. The Balaban J connectivity index is 1.66. The number of carbonyl (C=O) groups is 2. The number of thioether (sulfide) groups is 1. The standard InChI is InChI=1S/C26H27BrN2O2S/c1-6-29-22-11-16(2)19(12-21(22)17(3)14-26(29,4)5)13-23-24(30)28(25(31)32-23)15-18-7-9-20(27)10-8-18/h7-14H,6,15H2,1-5H3/b23-13+. The molecule has 0 aromatic heterocycles. The van der Waals surface area contributed by atoms with Crippen molar-refractivity contribution in [1.82, 2.24) is 4.90 Å². The van der Waals surface area contributed by atoms with E-state index in [1.807, 2.05) is 30.3 Å². The maximum atomic E-state index is 13.0. The van der Waals surface area contributed by atoms with Crippen LogP contribution >= 0.6 is 27.7 Å². The molecule has 0 saturated carbocycles. The molecular formula is C26H27BrN2O2S. The van der Waals surface area contributed by atoms with E-state index in [4.69, 9.17) is 0 Å². The van der Waals surface area contributed by atoms with E-state index in [1.54, 1.807) is 0 Å². The van der Waals surface area contributed by atoms with Crippen LogP contribution < -0.4 is 4.90 Å². The van der Waals surface area contributed by atoms with Crippen molar-refractivity contribution in [2.75, 3.05) is 11.4 Å². The van der Waals surface area contributed by atoms with Crippen LogP contribution in [0, 0.1) is 6.92 Å². The molecule has 0 spiro atoms. The zero-order valence-electron chi connectivity index (χ0n) is 19.0. The lowest BCUT2D eigenvalue weighted by atomic mass is 9.87. The van der Waals surface area contributed by atoms with E-state index in [9.17, 15) is 9.59 Å².